The van der Waals surface area contributed by atoms with E-state index in [-0.39, 0.29) is 5.41 Å². The molecule has 3 heteroatoms. The topological polar surface area (TPSA) is 37.5 Å². The van der Waals surface area contributed by atoms with E-state index in [1.54, 1.807) is 0 Å². The first-order chi connectivity index (χ1) is 9.94. The summed E-state index contributed by atoms with van der Waals surface area (Å²) < 4.78 is 5.90. The van der Waals surface area contributed by atoms with Gasteiger partial charge in [-0.1, -0.05) is 32.0 Å². The van der Waals surface area contributed by atoms with Gasteiger partial charge >= 0.3 is 0 Å². The fourth-order valence-corrected chi connectivity index (χ4v) is 2.71. The number of fused-ring (bicyclic) bond motifs is 1. The van der Waals surface area contributed by atoms with Crippen LogP contribution in [0.5, 0.6) is 0 Å². The molecule has 0 aliphatic carbocycles. The van der Waals surface area contributed by atoms with E-state index in [0.717, 1.165) is 41.6 Å². The minimum Gasteiger partial charge on any atom is -0.466 e. The molecule has 0 spiro atoms. The Morgan fingerprint density at radius 1 is 1.19 bits per heavy atom. The Labute approximate surface area is 126 Å². The molecule has 2 aromatic rings. The molecule has 0 bridgehead atoms. The molecule has 1 N–H and O–H groups in total. The number of para-hydroxylation sites is 1. The lowest BCUT2D eigenvalue weighted by Crippen LogP contribution is -2.18. The van der Waals surface area contributed by atoms with Crippen LogP contribution in [0.1, 0.15) is 36.5 Å². The van der Waals surface area contributed by atoms with Crippen LogP contribution in [0, 0.1) is 19.3 Å². The fraction of sp³-hybridized carbons (Fsp3) is 0.389. The van der Waals surface area contributed by atoms with Gasteiger partial charge < -0.3 is 9.73 Å². The maximum atomic E-state index is 5.90. The van der Waals surface area contributed by atoms with Crippen molar-refractivity contribution in [1.29, 1.82) is 0 Å². The second kappa shape index (κ2) is 5.06. The first-order valence-corrected chi connectivity index (χ1v) is 7.41. The van der Waals surface area contributed by atoms with E-state index in [1.165, 1.54) is 5.56 Å². The standard InChI is InChI=1S/C18H22N2O/c1-12-7-5-6-8-15(12)20-17-14-9-13(2)21-16(14)10-18(3,4)11-19-17/h5-9H,10-11H2,1-4H3,(H,19,20). The summed E-state index contributed by atoms with van der Waals surface area (Å²) in [5, 5.41) is 3.49. The minimum absolute atomic E-state index is 0.119. The van der Waals surface area contributed by atoms with Crippen molar-refractivity contribution in [2.45, 2.75) is 34.1 Å². The van der Waals surface area contributed by atoms with E-state index >= 15 is 0 Å². The molecule has 1 aliphatic heterocycles. The molecule has 1 aliphatic rings. The third-order valence-electron chi connectivity index (χ3n) is 3.89. The second-order valence-electron chi connectivity index (χ2n) is 6.64. The van der Waals surface area contributed by atoms with Gasteiger partial charge in [0.1, 0.15) is 17.4 Å². The Kier molecular flexibility index (Phi) is 3.36. The van der Waals surface area contributed by atoms with Gasteiger partial charge in [-0.05, 0) is 37.0 Å². The average Bonchev–Trinajstić information content (AvgIpc) is 2.71. The molecule has 0 saturated heterocycles. The van der Waals surface area contributed by atoms with Crippen molar-refractivity contribution in [2.75, 3.05) is 11.9 Å². The van der Waals surface area contributed by atoms with E-state index in [2.05, 4.69) is 44.3 Å². The number of rotatable bonds is 1. The zero-order valence-electron chi connectivity index (χ0n) is 13.2. The Balaban J connectivity index is 2.01. The van der Waals surface area contributed by atoms with Gasteiger partial charge in [0, 0.05) is 18.7 Å². The van der Waals surface area contributed by atoms with E-state index in [4.69, 9.17) is 9.41 Å². The number of nitrogens with zero attached hydrogens (tertiary/aromatic N) is 1. The summed E-state index contributed by atoms with van der Waals surface area (Å²) in [6, 6.07) is 10.4. The molecule has 0 saturated carbocycles. The zero-order chi connectivity index (χ0) is 15.0. The van der Waals surface area contributed by atoms with E-state index in [9.17, 15) is 0 Å². The number of anilines is 1. The molecule has 1 aromatic carbocycles. The van der Waals surface area contributed by atoms with Gasteiger partial charge in [0.25, 0.3) is 0 Å². The maximum absolute atomic E-state index is 5.90. The third-order valence-corrected chi connectivity index (χ3v) is 3.89. The number of aryl methyl sites for hydroxylation is 2. The van der Waals surface area contributed by atoms with Crippen LogP contribution in [0.25, 0.3) is 0 Å². The highest BCUT2D eigenvalue weighted by Crippen LogP contribution is 2.30. The number of amidine groups is 1. The van der Waals surface area contributed by atoms with Crippen molar-refractivity contribution in [3.05, 3.63) is 53.0 Å². The van der Waals surface area contributed by atoms with Gasteiger partial charge in [0.15, 0.2) is 0 Å². The number of furan rings is 1. The maximum Gasteiger partial charge on any atom is 0.136 e. The zero-order valence-corrected chi connectivity index (χ0v) is 13.2. The summed E-state index contributed by atoms with van der Waals surface area (Å²) in [6.45, 7) is 9.35. The van der Waals surface area contributed by atoms with Crippen LogP contribution in [0.15, 0.2) is 39.7 Å². The lowest BCUT2D eigenvalue weighted by atomic mass is 9.88. The van der Waals surface area contributed by atoms with Crippen LogP contribution in [0.3, 0.4) is 0 Å². The smallest absolute Gasteiger partial charge is 0.136 e. The summed E-state index contributed by atoms with van der Waals surface area (Å²) in [4.78, 5) is 4.81. The van der Waals surface area contributed by atoms with Gasteiger partial charge in [0.05, 0.1) is 5.56 Å². The van der Waals surface area contributed by atoms with Crippen molar-refractivity contribution in [3.63, 3.8) is 0 Å². The normalized spacial score (nSPS) is 16.9. The van der Waals surface area contributed by atoms with Gasteiger partial charge in [-0.25, -0.2) is 0 Å². The largest absolute Gasteiger partial charge is 0.466 e. The van der Waals surface area contributed by atoms with Crippen molar-refractivity contribution in [1.82, 2.24) is 0 Å². The number of benzene rings is 1. The van der Waals surface area contributed by atoms with Crippen LogP contribution in [-0.4, -0.2) is 12.4 Å². The first-order valence-electron chi connectivity index (χ1n) is 7.41. The molecule has 21 heavy (non-hydrogen) atoms. The molecule has 0 radical (unpaired) electrons. The van der Waals surface area contributed by atoms with Crippen LogP contribution >= 0.6 is 0 Å². The SMILES string of the molecule is Cc1cc2c(o1)CC(C)(C)CN=C2Nc1ccccc1C. The molecular formula is C18H22N2O. The summed E-state index contributed by atoms with van der Waals surface area (Å²) in [7, 11) is 0. The summed E-state index contributed by atoms with van der Waals surface area (Å²) in [6.07, 6.45) is 0.915. The molecular weight excluding hydrogens is 260 g/mol. The summed E-state index contributed by atoms with van der Waals surface area (Å²) in [5.74, 6) is 2.90. The Hall–Kier alpha value is -2.03. The second-order valence-corrected chi connectivity index (χ2v) is 6.64. The van der Waals surface area contributed by atoms with E-state index in [1.807, 2.05) is 19.1 Å². The first kappa shape index (κ1) is 13.9. The molecule has 110 valence electrons. The molecule has 1 aromatic heterocycles. The van der Waals surface area contributed by atoms with Gasteiger partial charge in [-0.15, -0.1) is 0 Å². The molecule has 0 unspecified atom stereocenters. The Bertz CT molecular complexity index is 695. The minimum atomic E-state index is 0.119. The van der Waals surface area contributed by atoms with Gasteiger partial charge in [-0.2, -0.15) is 0 Å². The number of hydrogen-bond acceptors (Lipinski definition) is 3. The Morgan fingerprint density at radius 3 is 2.71 bits per heavy atom. The van der Waals surface area contributed by atoms with Crippen LogP contribution < -0.4 is 5.32 Å². The van der Waals surface area contributed by atoms with Crippen molar-refractivity contribution in [3.8, 4) is 0 Å². The number of nitrogens with one attached hydrogen (secondary N) is 1. The van der Waals surface area contributed by atoms with Gasteiger partial charge in [-0.3, -0.25) is 4.99 Å². The molecule has 2 heterocycles. The molecule has 3 nitrogen and oxygen atoms in total. The van der Waals surface area contributed by atoms with Gasteiger partial charge in [0.2, 0.25) is 0 Å². The lowest BCUT2D eigenvalue weighted by Gasteiger charge is -2.19. The molecule has 0 atom stereocenters. The third kappa shape index (κ3) is 2.87. The molecule has 0 fully saturated rings. The number of aliphatic imine (C=N–C) groups is 1. The van der Waals surface area contributed by atoms with Crippen molar-refractivity contribution in [2.24, 2.45) is 10.4 Å². The summed E-state index contributed by atoms with van der Waals surface area (Å²) in [5.41, 5.74) is 3.53. The predicted octanol–water partition coefficient (Wildman–Crippen LogP) is 4.34. The predicted molar refractivity (Wildman–Crippen MR) is 87.1 cm³/mol. The van der Waals surface area contributed by atoms with Crippen molar-refractivity contribution >= 4 is 11.5 Å². The highest BCUT2D eigenvalue weighted by Gasteiger charge is 2.28. The van der Waals surface area contributed by atoms with Crippen LogP contribution in [0.4, 0.5) is 5.69 Å². The van der Waals surface area contributed by atoms with Crippen LogP contribution in [-0.2, 0) is 6.42 Å². The average molecular weight is 282 g/mol. The quantitative estimate of drug-likeness (QED) is 0.845. The summed E-state index contributed by atoms with van der Waals surface area (Å²) >= 11 is 0. The highest BCUT2D eigenvalue weighted by molar-refractivity contribution is 6.09. The van der Waals surface area contributed by atoms with Crippen LogP contribution in [0.2, 0.25) is 0 Å². The molecule has 0 amide bonds. The monoisotopic (exact) mass is 282 g/mol. The number of hydrogen-bond donors (Lipinski definition) is 1. The Morgan fingerprint density at radius 2 is 1.95 bits per heavy atom. The fourth-order valence-electron chi connectivity index (χ4n) is 2.71. The van der Waals surface area contributed by atoms with E-state index < -0.39 is 0 Å². The highest BCUT2D eigenvalue weighted by atomic mass is 16.3. The van der Waals surface area contributed by atoms with Crippen molar-refractivity contribution < 1.29 is 4.42 Å². The molecule has 3 rings (SSSR count). The van der Waals surface area contributed by atoms with E-state index in [0.29, 0.717) is 0 Å². The lowest BCUT2D eigenvalue weighted by molar-refractivity contribution is 0.339.